The predicted molar refractivity (Wildman–Crippen MR) is 107 cm³/mol. The molecule has 2 aliphatic rings. The molecule has 8 nitrogen and oxygen atoms in total. The van der Waals surface area contributed by atoms with Crippen LogP contribution in [-0.2, 0) is 4.79 Å². The van der Waals surface area contributed by atoms with Gasteiger partial charge in [0, 0.05) is 17.0 Å². The van der Waals surface area contributed by atoms with E-state index in [0.717, 1.165) is 0 Å². The first-order chi connectivity index (χ1) is 13.7. The molecule has 0 aliphatic carbocycles. The molecule has 0 saturated carbocycles. The minimum Gasteiger partial charge on any atom is -0.486 e. The average Bonchev–Trinajstić information content (AvgIpc) is 2.66. The summed E-state index contributed by atoms with van der Waals surface area (Å²) >= 11 is 0. The van der Waals surface area contributed by atoms with Gasteiger partial charge in [-0.05, 0) is 64.9 Å². The van der Waals surface area contributed by atoms with Crippen LogP contribution in [-0.4, -0.2) is 61.0 Å². The van der Waals surface area contributed by atoms with E-state index in [1.54, 1.807) is 18.2 Å². The Balaban J connectivity index is 1.47. The van der Waals surface area contributed by atoms with Gasteiger partial charge in [-0.2, -0.15) is 0 Å². The van der Waals surface area contributed by atoms with Gasteiger partial charge in [0.2, 0.25) is 5.91 Å². The van der Waals surface area contributed by atoms with Crippen LogP contribution in [0.15, 0.2) is 18.2 Å². The minimum absolute atomic E-state index is 0.0824. The first-order valence-corrected chi connectivity index (χ1v) is 9.99. The van der Waals surface area contributed by atoms with Crippen molar-refractivity contribution in [1.82, 2.24) is 15.5 Å². The highest BCUT2D eigenvalue weighted by Crippen LogP contribution is 2.32. The second-order valence-corrected chi connectivity index (χ2v) is 8.53. The smallest absolute Gasteiger partial charge is 0.321 e. The molecule has 0 bridgehead atoms. The van der Waals surface area contributed by atoms with Crippen molar-refractivity contribution in [3.63, 3.8) is 0 Å². The molecule has 0 atom stereocenters. The highest BCUT2D eigenvalue weighted by molar-refractivity contribution is 5.98. The fourth-order valence-corrected chi connectivity index (χ4v) is 3.53. The van der Waals surface area contributed by atoms with Gasteiger partial charge in [0.15, 0.2) is 17.3 Å². The summed E-state index contributed by atoms with van der Waals surface area (Å²) in [6.45, 7) is 7.96. The Morgan fingerprint density at radius 1 is 1.07 bits per heavy atom. The lowest BCUT2D eigenvalue weighted by atomic mass is 9.88. The molecule has 2 aliphatic heterocycles. The number of piperidine rings is 1. The Labute approximate surface area is 170 Å². The van der Waals surface area contributed by atoms with Crippen LogP contribution >= 0.6 is 0 Å². The van der Waals surface area contributed by atoms with Gasteiger partial charge in [0.25, 0.3) is 0 Å². The molecule has 2 heterocycles. The van der Waals surface area contributed by atoms with Crippen molar-refractivity contribution in [3.8, 4) is 11.5 Å². The lowest BCUT2D eigenvalue weighted by Crippen LogP contribution is -2.51. The molecular formula is C21H29N3O5. The van der Waals surface area contributed by atoms with E-state index in [4.69, 9.17) is 9.47 Å². The van der Waals surface area contributed by atoms with Crippen LogP contribution in [0.5, 0.6) is 11.5 Å². The van der Waals surface area contributed by atoms with Gasteiger partial charge in [-0.3, -0.25) is 19.8 Å². The molecule has 29 heavy (non-hydrogen) atoms. The van der Waals surface area contributed by atoms with E-state index in [9.17, 15) is 14.4 Å². The molecule has 3 amide bonds. The lowest BCUT2D eigenvalue weighted by Gasteiger charge is -2.31. The summed E-state index contributed by atoms with van der Waals surface area (Å²) in [7, 11) is 0. The van der Waals surface area contributed by atoms with Gasteiger partial charge >= 0.3 is 6.03 Å². The molecule has 0 spiro atoms. The van der Waals surface area contributed by atoms with Crippen LogP contribution in [0, 0.1) is 5.92 Å². The van der Waals surface area contributed by atoms with Gasteiger partial charge in [0.05, 0.1) is 6.54 Å². The number of Topliss-reactive ketones (excluding diaryl/α,β-unsaturated/α-hetero) is 1. The van der Waals surface area contributed by atoms with Gasteiger partial charge in [0.1, 0.15) is 13.2 Å². The number of carbonyl (C=O) groups is 3. The third-order valence-corrected chi connectivity index (χ3v) is 4.89. The summed E-state index contributed by atoms with van der Waals surface area (Å²) in [5.41, 5.74) is 0.223. The van der Waals surface area contributed by atoms with Crippen molar-refractivity contribution in [1.29, 1.82) is 0 Å². The molecule has 0 aromatic heterocycles. The summed E-state index contributed by atoms with van der Waals surface area (Å²) in [4.78, 5) is 38.7. The second-order valence-electron chi connectivity index (χ2n) is 8.53. The van der Waals surface area contributed by atoms with Crippen LogP contribution in [0.3, 0.4) is 0 Å². The first kappa shape index (κ1) is 21.1. The first-order valence-electron chi connectivity index (χ1n) is 9.99. The fourth-order valence-electron chi connectivity index (χ4n) is 3.53. The molecule has 1 saturated heterocycles. The number of likely N-dealkylation sites (tertiary alicyclic amines) is 1. The summed E-state index contributed by atoms with van der Waals surface area (Å²) in [5.74, 6) is 0.953. The highest BCUT2D eigenvalue weighted by Gasteiger charge is 2.28. The molecule has 1 aromatic rings. The maximum Gasteiger partial charge on any atom is 0.321 e. The Morgan fingerprint density at radius 2 is 1.72 bits per heavy atom. The highest BCUT2D eigenvalue weighted by atomic mass is 16.6. The number of benzene rings is 1. The summed E-state index contributed by atoms with van der Waals surface area (Å²) in [6, 6.07) is 4.82. The Bertz CT molecular complexity index is 779. The van der Waals surface area contributed by atoms with Crippen LogP contribution < -0.4 is 20.1 Å². The number of fused-ring (bicyclic) bond motifs is 1. The molecule has 8 heteroatoms. The average molecular weight is 403 g/mol. The predicted octanol–water partition coefficient (Wildman–Crippen LogP) is 1.98. The number of rotatable bonds is 4. The standard InChI is InChI=1S/C21H29N3O5/c1-21(2,3)23-20(27)22-18(25)13-24-8-6-14(7-9-24)19(26)15-4-5-16-17(12-15)29-11-10-28-16/h4-5,12,14H,6-11,13H2,1-3H3,(H2,22,23,25,27). The van der Waals surface area contributed by atoms with Crippen molar-refractivity contribution in [2.24, 2.45) is 5.92 Å². The topological polar surface area (TPSA) is 97.0 Å². The van der Waals surface area contributed by atoms with Crippen molar-refractivity contribution in [2.45, 2.75) is 39.2 Å². The third kappa shape index (κ3) is 5.93. The van der Waals surface area contributed by atoms with Gasteiger partial charge in [-0.25, -0.2) is 4.79 Å². The van der Waals surface area contributed by atoms with Crippen molar-refractivity contribution in [3.05, 3.63) is 23.8 Å². The van der Waals surface area contributed by atoms with E-state index in [-0.39, 0.29) is 24.2 Å². The summed E-state index contributed by atoms with van der Waals surface area (Å²) in [6.07, 6.45) is 1.35. The maximum absolute atomic E-state index is 12.8. The molecule has 0 unspecified atom stereocenters. The Kier molecular flexibility index (Phi) is 6.42. The molecule has 158 valence electrons. The molecule has 3 rings (SSSR count). The number of hydrogen-bond donors (Lipinski definition) is 2. The van der Waals surface area contributed by atoms with E-state index in [2.05, 4.69) is 10.6 Å². The van der Waals surface area contributed by atoms with Gasteiger partial charge in [-0.1, -0.05) is 0 Å². The lowest BCUT2D eigenvalue weighted by molar-refractivity contribution is -0.121. The van der Waals surface area contributed by atoms with Crippen LogP contribution in [0.4, 0.5) is 4.79 Å². The summed E-state index contributed by atoms with van der Waals surface area (Å²) in [5, 5.41) is 5.05. The van der Waals surface area contributed by atoms with Crippen molar-refractivity contribution in [2.75, 3.05) is 32.8 Å². The number of ketones is 1. The van der Waals surface area contributed by atoms with E-state index >= 15 is 0 Å². The van der Waals surface area contributed by atoms with E-state index < -0.39 is 11.6 Å². The molecule has 2 N–H and O–H groups in total. The number of carbonyl (C=O) groups excluding carboxylic acids is 3. The Hall–Kier alpha value is -2.61. The molecule has 0 radical (unpaired) electrons. The summed E-state index contributed by atoms with van der Waals surface area (Å²) < 4.78 is 11.1. The van der Waals surface area contributed by atoms with Crippen LogP contribution in [0.25, 0.3) is 0 Å². The van der Waals surface area contributed by atoms with Gasteiger partial charge in [-0.15, -0.1) is 0 Å². The molecular weight excluding hydrogens is 374 g/mol. The number of amides is 3. The number of nitrogens with zero attached hydrogens (tertiary/aromatic N) is 1. The largest absolute Gasteiger partial charge is 0.486 e. The molecule has 1 fully saturated rings. The monoisotopic (exact) mass is 403 g/mol. The number of urea groups is 1. The number of hydrogen-bond acceptors (Lipinski definition) is 6. The molecule has 1 aromatic carbocycles. The maximum atomic E-state index is 12.8. The van der Waals surface area contributed by atoms with E-state index in [1.165, 1.54) is 0 Å². The zero-order valence-electron chi connectivity index (χ0n) is 17.2. The van der Waals surface area contributed by atoms with Crippen molar-refractivity contribution < 1.29 is 23.9 Å². The van der Waals surface area contributed by atoms with Gasteiger partial charge < -0.3 is 14.8 Å². The minimum atomic E-state index is -0.494. The SMILES string of the molecule is CC(C)(C)NC(=O)NC(=O)CN1CCC(C(=O)c2ccc3c(c2)OCCO3)CC1. The third-order valence-electron chi connectivity index (χ3n) is 4.89. The Morgan fingerprint density at radius 3 is 2.38 bits per heavy atom. The van der Waals surface area contributed by atoms with E-state index in [0.29, 0.717) is 56.2 Å². The van der Waals surface area contributed by atoms with Crippen LogP contribution in [0.1, 0.15) is 44.0 Å². The number of imide groups is 1. The zero-order valence-corrected chi connectivity index (χ0v) is 17.2. The number of ether oxygens (including phenoxy) is 2. The second kappa shape index (κ2) is 8.82. The fraction of sp³-hybridized carbons (Fsp3) is 0.571. The number of nitrogens with one attached hydrogen (secondary N) is 2. The normalized spacial score (nSPS) is 17.5. The van der Waals surface area contributed by atoms with Crippen molar-refractivity contribution >= 4 is 17.7 Å². The van der Waals surface area contributed by atoms with E-state index in [1.807, 2.05) is 25.7 Å². The van der Waals surface area contributed by atoms with Crippen LogP contribution in [0.2, 0.25) is 0 Å². The zero-order chi connectivity index (χ0) is 21.0. The quantitative estimate of drug-likeness (QED) is 0.746.